The molecule has 110 valence electrons. The van der Waals surface area contributed by atoms with Gasteiger partial charge in [-0.05, 0) is 13.5 Å². The molecule has 1 aromatic heterocycles. The van der Waals surface area contributed by atoms with Gasteiger partial charge in [0.2, 0.25) is 0 Å². The quantitative estimate of drug-likeness (QED) is 0.543. The lowest BCUT2D eigenvalue weighted by Gasteiger charge is -2.05. The third-order valence-electron chi connectivity index (χ3n) is 2.42. The minimum Gasteiger partial charge on any atom is -0.385 e. The summed E-state index contributed by atoms with van der Waals surface area (Å²) in [4.78, 5) is 0. The lowest BCUT2D eigenvalue weighted by Crippen LogP contribution is -2.11. The number of ether oxygens (including phenoxy) is 3. The zero-order valence-electron chi connectivity index (χ0n) is 11.8. The summed E-state index contributed by atoms with van der Waals surface area (Å²) in [5, 5.41) is 11.1. The Morgan fingerprint density at radius 1 is 1.16 bits per heavy atom. The molecule has 0 saturated heterocycles. The first-order valence-electron chi connectivity index (χ1n) is 6.55. The molecular weight excluding hydrogens is 248 g/mol. The Labute approximate surface area is 114 Å². The smallest absolute Gasteiger partial charge is 0.0964 e. The summed E-state index contributed by atoms with van der Waals surface area (Å²) >= 11 is 0. The molecule has 19 heavy (non-hydrogen) atoms. The number of hydrogen-bond donors (Lipinski definition) is 1. The van der Waals surface area contributed by atoms with Gasteiger partial charge in [-0.2, -0.15) is 0 Å². The lowest BCUT2D eigenvalue weighted by molar-refractivity contribution is 0.0366. The lowest BCUT2D eigenvalue weighted by atomic mass is 10.5. The van der Waals surface area contributed by atoms with E-state index in [9.17, 15) is 0 Å². The SMILES string of the molecule is CNCc1cn(CCOCCOCCCOC)nn1. The van der Waals surface area contributed by atoms with Crippen LogP contribution in [0.1, 0.15) is 12.1 Å². The highest BCUT2D eigenvalue weighted by Crippen LogP contribution is 1.92. The fourth-order valence-electron chi connectivity index (χ4n) is 1.50. The number of aromatic nitrogens is 3. The molecule has 0 aliphatic carbocycles. The first-order chi connectivity index (χ1) is 9.36. The predicted octanol–water partition coefficient (Wildman–Crippen LogP) is 0.0672. The highest BCUT2D eigenvalue weighted by Gasteiger charge is 1.99. The van der Waals surface area contributed by atoms with E-state index in [1.165, 1.54) is 0 Å². The largest absolute Gasteiger partial charge is 0.385 e. The Morgan fingerprint density at radius 3 is 2.68 bits per heavy atom. The molecule has 0 radical (unpaired) electrons. The molecule has 0 unspecified atom stereocenters. The van der Waals surface area contributed by atoms with E-state index < -0.39 is 0 Å². The van der Waals surface area contributed by atoms with Crippen LogP contribution >= 0.6 is 0 Å². The third-order valence-corrected chi connectivity index (χ3v) is 2.42. The van der Waals surface area contributed by atoms with E-state index in [0.29, 0.717) is 33.0 Å². The summed E-state index contributed by atoms with van der Waals surface area (Å²) in [5.41, 5.74) is 0.934. The molecule has 1 heterocycles. The Kier molecular flexibility index (Phi) is 9.17. The van der Waals surface area contributed by atoms with Gasteiger partial charge in [0.1, 0.15) is 0 Å². The summed E-state index contributed by atoms with van der Waals surface area (Å²) in [5.74, 6) is 0. The van der Waals surface area contributed by atoms with Crippen molar-refractivity contribution in [2.24, 2.45) is 0 Å². The first-order valence-corrected chi connectivity index (χ1v) is 6.55. The minimum absolute atomic E-state index is 0.602. The van der Waals surface area contributed by atoms with E-state index in [0.717, 1.165) is 25.3 Å². The minimum atomic E-state index is 0.602. The van der Waals surface area contributed by atoms with Crippen molar-refractivity contribution in [1.29, 1.82) is 0 Å². The van der Waals surface area contributed by atoms with Crippen molar-refractivity contribution in [3.05, 3.63) is 11.9 Å². The molecule has 1 aromatic rings. The fourth-order valence-corrected chi connectivity index (χ4v) is 1.50. The summed E-state index contributed by atoms with van der Waals surface area (Å²) in [6.45, 7) is 4.73. The van der Waals surface area contributed by atoms with Gasteiger partial charge >= 0.3 is 0 Å². The summed E-state index contributed by atoms with van der Waals surface area (Å²) in [6.07, 6.45) is 2.84. The van der Waals surface area contributed by atoms with Crippen molar-refractivity contribution >= 4 is 0 Å². The Hall–Kier alpha value is -1.02. The van der Waals surface area contributed by atoms with Crippen LogP contribution in [0.25, 0.3) is 0 Å². The van der Waals surface area contributed by atoms with Crippen LogP contribution in [0.4, 0.5) is 0 Å². The van der Waals surface area contributed by atoms with E-state index >= 15 is 0 Å². The standard InChI is InChI=1S/C12H24N4O3/c1-13-10-12-11-16(15-14-12)4-7-19-9-8-18-6-3-5-17-2/h11,13H,3-10H2,1-2H3. The van der Waals surface area contributed by atoms with Gasteiger partial charge < -0.3 is 19.5 Å². The van der Waals surface area contributed by atoms with Gasteiger partial charge in [0, 0.05) is 33.1 Å². The molecule has 0 aliphatic rings. The maximum Gasteiger partial charge on any atom is 0.0964 e. The Balaban J connectivity index is 1.92. The molecule has 0 fully saturated rings. The number of methoxy groups -OCH3 is 1. The van der Waals surface area contributed by atoms with Crippen LogP contribution in [0.5, 0.6) is 0 Å². The van der Waals surface area contributed by atoms with Crippen LogP contribution in [0.15, 0.2) is 6.20 Å². The molecule has 0 spiro atoms. The van der Waals surface area contributed by atoms with Gasteiger partial charge in [-0.25, -0.2) is 4.68 Å². The van der Waals surface area contributed by atoms with Gasteiger partial charge in [-0.1, -0.05) is 5.21 Å². The van der Waals surface area contributed by atoms with Crippen LogP contribution in [-0.4, -0.2) is 62.2 Å². The van der Waals surface area contributed by atoms with Crippen molar-refractivity contribution in [2.45, 2.75) is 19.5 Å². The van der Waals surface area contributed by atoms with Crippen LogP contribution in [0.2, 0.25) is 0 Å². The van der Waals surface area contributed by atoms with E-state index in [1.807, 2.05) is 13.2 Å². The second kappa shape index (κ2) is 10.9. The highest BCUT2D eigenvalue weighted by molar-refractivity contribution is 4.90. The molecule has 7 nitrogen and oxygen atoms in total. The first kappa shape index (κ1) is 16.0. The molecule has 0 atom stereocenters. The molecule has 0 aromatic carbocycles. The number of rotatable bonds is 12. The van der Waals surface area contributed by atoms with Crippen LogP contribution in [0, 0.1) is 0 Å². The fraction of sp³-hybridized carbons (Fsp3) is 0.833. The van der Waals surface area contributed by atoms with Crippen LogP contribution in [-0.2, 0) is 27.3 Å². The number of hydrogen-bond acceptors (Lipinski definition) is 6. The second-order valence-electron chi connectivity index (χ2n) is 4.07. The maximum absolute atomic E-state index is 5.45. The predicted molar refractivity (Wildman–Crippen MR) is 70.9 cm³/mol. The zero-order chi connectivity index (χ0) is 13.8. The topological polar surface area (TPSA) is 70.4 Å². The summed E-state index contributed by atoms with van der Waals surface area (Å²) < 4.78 is 17.5. The Bertz CT molecular complexity index is 320. The van der Waals surface area contributed by atoms with Crippen molar-refractivity contribution in [1.82, 2.24) is 20.3 Å². The van der Waals surface area contributed by atoms with Gasteiger partial charge in [-0.3, -0.25) is 0 Å². The van der Waals surface area contributed by atoms with Crippen molar-refractivity contribution in [3.63, 3.8) is 0 Å². The summed E-state index contributed by atoms with van der Waals surface area (Å²) in [6, 6.07) is 0. The monoisotopic (exact) mass is 272 g/mol. The highest BCUT2D eigenvalue weighted by atomic mass is 16.5. The molecule has 0 amide bonds. The molecular formula is C12H24N4O3. The number of nitrogens with one attached hydrogen (secondary N) is 1. The van der Waals surface area contributed by atoms with E-state index in [2.05, 4.69) is 15.6 Å². The third kappa shape index (κ3) is 7.89. The van der Waals surface area contributed by atoms with Crippen LogP contribution < -0.4 is 5.32 Å². The average molecular weight is 272 g/mol. The van der Waals surface area contributed by atoms with Gasteiger partial charge in [-0.15, -0.1) is 5.10 Å². The normalized spacial score (nSPS) is 11.1. The zero-order valence-corrected chi connectivity index (χ0v) is 11.8. The van der Waals surface area contributed by atoms with Gasteiger partial charge in [0.15, 0.2) is 0 Å². The van der Waals surface area contributed by atoms with E-state index in [1.54, 1.807) is 11.8 Å². The molecule has 0 aliphatic heterocycles. The van der Waals surface area contributed by atoms with Crippen molar-refractivity contribution < 1.29 is 14.2 Å². The maximum atomic E-state index is 5.45. The molecule has 0 bridgehead atoms. The second-order valence-corrected chi connectivity index (χ2v) is 4.07. The summed E-state index contributed by atoms with van der Waals surface area (Å²) in [7, 11) is 3.57. The molecule has 0 saturated carbocycles. The van der Waals surface area contributed by atoms with Crippen molar-refractivity contribution in [3.8, 4) is 0 Å². The van der Waals surface area contributed by atoms with E-state index in [-0.39, 0.29) is 0 Å². The Morgan fingerprint density at radius 2 is 1.95 bits per heavy atom. The van der Waals surface area contributed by atoms with Crippen molar-refractivity contribution in [2.75, 3.05) is 47.2 Å². The van der Waals surface area contributed by atoms with Crippen LogP contribution in [0.3, 0.4) is 0 Å². The number of nitrogens with zero attached hydrogens (tertiary/aromatic N) is 3. The van der Waals surface area contributed by atoms with E-state index in [4.69, 9.17) is 14.2 Å². The van der Waals surface area contributed by atoms with Gasteiger partial charge in [0.05, 0.1) is 32.1 Å². The molecule has 1 rings (SSSR count). The average Bonchev–Trinajstić information content (AvgIpc) is 2.85. The molecule has 7 heteroatoms. The van der Waals surface area contributed by atoms with Gasteiger partial charge in [0.25, 0.3) is 0 Å². The molecule has 1 N–H and O–H groups in total.